The van der Waals surface area contributed by atoms with Gasteiger partial charge in [0, 0.05) is 35.0 Å². The van der Waals surface area contributed by atoms with Gasteiger partial charge in [-0.2, -0.15) is 11.8 Å². The molecule has 0 saturated carbocycles. The molecule has 0 aromatic heterocycles. The lowest BCUT2D eigenvalue weighted by Gasteiger charge is -2.39. The largest absolute Gasteiger partial charge is 0.399 e. The number of nitrogen functional groups attached to an aromatic ring is 1. The van der Waals surface area contributed by atoms with E-state index in [1.807, 2.05) is 12.1 Å². The quantitative estimate of drug-likeness (QED) is 0.741. The normalized spacial score (nSPS) is 26.7. The summed E-state index contributed by atoms with van der Waals surface area (Å²) in [5.41, 5.74) is 7.83. The van der Waals surface area contributed by atoms with Crippen LogP contribution in [0.25, 0.3) is 0 Å². The third-order valence-corrected chi connectivity index (χ3v) is 4.45. The van der Waals surface area contributed by atoms with Gasteiger partial charge in [-0.25, -0.2) is 0 Å². The van der Waals surface area contributed by atoms with E-state index in [1.54, 1.807) is 0 Å². The molecule has 15 heavy (non-hydrogen) atoms. The Morgan fingerprint density at radius 2 is 1.93 bits per heavy atom. The van der Waals surface area contributed by atoms with Crippen LogP contribution in [0.4, 0.5) is 11.4 Å². The monoisotopic (exact) mass is 222 g/mol. The van der Waals surface area contributed by atoms with Gasteiger partial charge in [-0.15, -0.1) is 0 Å². The molecule has 2 rings (SSSR count). The molecular formula is C12H18N2S. The van der Waals surface area contributed by atoms with Crippen molar-refractivity contribution in [2.75, 3.05) is 22.9 Å². The van der Waals surface area contributed by atoms with E-state index in [2.05, 4.69) is 42.6 Å². The minimum atomic E-state index is 0.604. The Kier molecular flexibility index (Phi) is 3.10. The molecule has 1 heterocycles. The Morgan fingerprint density at radius 1 is 1.27 bits per heavy atom. The highest BCUT2D eigenvalue weighted by Gasteiger charge is 2.24. The molecule has 0 amide bonds. The predicted octanol–water partition coefficient (Wildman–Crippen LogP) is 2.60. The highest BCUT2D eigenvalue weighted by Crippen LogP contribution is 2.29. The molecule has 2 unspecified atom stereocenters. The number of nitrogens with zero attached hydrogens (tertiary/aromatic N) is 1. The average molecular weight is 222 g/mol. The molecule has 0 bridgehead atoms. The van der Waals surface area contributed by atoms with Crippen molar-refractivity contribution >= 4 is 23.1 Å². The summed E-state index contributed by atoms with van der Waals surface area (Å²) in [6.45, 7) is 5.74. The van der Waals surface area contributed by atoms with Gasteiger partial charge in [-0.05, 0) is 31.2 Å². The molecule has 1 aliphatic rings. The summed E-state index contributed by atoms with van der Waals surface area (Å²) in [6.07, 6.45) is 0. The number of hydrogen-bond donors (Lipinski definition) is 1. The van der Waals surface area contributed by atoms with Crippen molar-refractivity contribution < 1.29 is 0 Å². The first kappa shape index (κ1) is 10.7. The molecular weight excluding hydrogens is 204 g/mol. The molecule has 2 atom stereocenters. The van der Waals surface area contributed by atoms with E-state index >= 15 is 0 Å². The molecule has 2 nitrogen and oxygen atoms in total. The van der Waals surface area contributed by atoms with Gasteiger partial charge in [0.15, 0.2) is 0 Å². The molecule has 1 aliphatic heterocycles. The fourth-order valence-corrected chi connectivity index (χ4v) is 3.06. The number of thioether (sulfide) groups is 1. The lowest BCUT2D eigenvalue weighted by Crippen LogP contribution is -2.44. The van der Waals surface area contributed by atoms with Crippen LogP contribution in [0.3, 0.4) is 0 Å². The lowest BCUT2D eigenvalue weighted by atomic mass is 10.1. The number of benzene rings is 1. The summed E-state index contributed by atoms with van der Waals surface area (Å²) in [5, 5.41) is 0.705. The second-order valence-electron chi connectivity index (χ2n) is 4.10. The topological polar surface area (TPSA) is 29.3 Å². The first-order valence-electron chi connectivity index (χ1n) is 5.42. The molecule has 0 aliphatic carbocycles. The molecule has 1 fully saturated rings. The van der Waals surface area contributed by atoms with Crippen LogP contribution in [0.1, 0.15) is 13.8 Å². The van der Waals surface area contributed by atoms with Crippen molar-refractivity contribution in [1.82, 2.24) is 0 Å². The maximum absolute atomic E-state index is 5.70. The zero-order valence-electron chi connectivity index (χ0n) is 9.31. The van der Waals surface area contributed by atoms with E-state index in [0.717, 1.165) is 12.2 Å². The number of hydrogen-bond acceptors (Lipinski definition) is 3. The summed E-state index contributed by atoms with van der Waals surface area (Å²) < 4.78 is 0. The summed E-state index contributed by atoms with van der Waals surface area (Å²) in [7, 11) is 0. The van der Waals surface area contributed by atoms with Crippen molar-refractivity contribution in [1.29, 1.82) is 0 Å². The van der Waals surface area contributed by atoms with Crippen LogP contribution in [0.15, 0.2) is 24.3 Å². The van der Waals surface area contributed by atoms with Gasteiger partial charge in [0.05, 0.1) is 0 Å². The molecule has 1 saturated heterocycles. The van der Waals surface area contributed by atoms with Gasteiger partial charge in [-0.3, -0.25) is 0 Å². The van der Waals surface area contributed by atoms with Gasteiger partial charge in [0.1, 0.15) is 0 Å². The van der Waals surface area contributed by atoms with Crippen LogP contribution >= 0.6 is 11.8 Å². The van der Waals surface area contributed by atoms with E-state index < -0.39 is 0 Å². The van der Waals surface area contributed by atoms with Crippen molar-refractivity contribution in [3.8, 4) is 0 Å². The van der Waals surface area contributed by atoms with E-state index in [1.165, 1.54) is 11.4 Å². The zero-order chi connectivity index (χ0) is 10.8. The smallest absolute Gasteiger partial charge is 0.0378 e. The maximum atomic E-state index is 5.70. The van der Waals surface area contributed by atoms with Gasteiger partial charge < -0.3 is 10.6 Å². The van der Waals surface area contributed by atoms with Gasteiger partial charge in [0.2, 0.25) is 0 Å². The minimum absolute atomic E-state index is 0.604. The minimum Gasteiger partial charge on any atom is -0.399 e. The summed E-state index contributed by atoms with van der Waals surface area (Å²) in [5.74, 6) is 1.22. The zero-order valence-corrected chi connectivity index (χ0v) is 10.1. The standard InChI is InChI=1S/C12H18N2S/c1-9-10(2)15-8-7-14(9)12-5-3-11(13)4-6-12/h3-6,9-10H,7-8,13H2,1-2H3. The Bertz CT molecular complexity index is 323. The van der Waals surface area contributed by atoms with Gasteiger partial charge in [0.25, 0.3) is 0 Å². The lowest BCUT2D eigenvalue weighted by molar-refractivity contribution is 0.627. The van der Waals surface area contributed by atoms with Crippen molar-refractivity contribution in [2.45, 2.75) is 25.1 Å². The Hall–Kier alpha value is -0.830. The number of rotatable bonds is 1. The van der Waals surface area contributed by atoms with Crippen LogP contribution in [0.2, 0.25) is 0 Å². The third-order valence-electron chi connectivity index (χ3n) is 3.11. The Morgan fingerprint density at radius 3 is 2.60 bits per heavy atom. The summed E-state index contributed by atoms with van der Waals surface area (Å²) in [4.78, 5) is 2.47. The molecule has 1 aromatic carbocycles. The molecule has 0 spiro atoms. The fraction of sp³-hybridized carbons (Fsp3) is 0.500. The second kappa shape index (κ2) is 4.35. The number of nitrogens with two attached hydrogens (primary N) is 1. The molecule has 2 N–H and O–H groups in total. The number of anilines is 2. The first-order valence-corrected chi connectivity index (χ1v) is 6.47. The molecule has 82 valence electrons. The van der Waals surface area contributed by atoms with E-state index in [0.29, 0.717) is 11.3 Å². The van der Waals surface area contributed by atoms with Crippen LogP contribution < -0.4 is 10.6 Å². The highest BCUT2D eigenvalue weighted by atomic mass is 32.2. The summed E-state index contributed by atoms with van der Waals surface area (Å²) in [6, 6.07) is 8.80. The molecule has 3 heteroatoms. The predicted molar refractivity (Wildman–Crippen MR) is 69.6 cm³/mol. The molecule has 1 aromatic rings. The van der Waals surface area contributed by atoms with E-state index in [-0.39, 0.29) is 0 Å². The molecule has 0 radical (unpaired) electrons. The van der Waals surface area contributed by atoms with Crippen molar-refractivity contribution in [3.63, 3.8) is 0 Å². The van der Waals surface area contributed by atoms with Crippen LogP contribution in [-0.2, 0) is 0 Å². The average Bonchev–Trinajstić information content (AvgIpc) is 2.24. The Balaban J connectivity index is 2.18. The third kappa shape index (κ3) is 2.23. The fourth-order valence-electron chi connectivity index (χ4n) is 1.96. The highest BCUT2D eigenvalue weighted by molar-refractivity contribution is 8.00. The second-order valence-corrected chi connectivity index (χ2v) is 5.59. The van der Waals surface area contributed by atoms with Crippen LogP contribution in [-0.4, -0.2) is 23.6 Å². The van der Waals surface area contributed by atoms with Gasteiger partial charge in [-0.1, -0.05) is 6.92 Å². The van der Waals surface area contributed by atoms with Gasteiger partial charge >= 0.3 is 0 Å². The Labute approximate surface area is 95.8 Å². The van der Waals surface area contributed by atoms with Crippen LogP contribution in [0.5, 0.6) is 0 Å². The van der Waals surface area contributed by atoms with Crippen LogP contribution in [0, 0.1) is 0 Å². The van der Waals surface area contributed by atoms with Crippen molar-refractivity contribution in [2.24, 2.45) is 0 Å². The first-order chi connectivity index (χ1) is 7.18. The van der Waals surface area contributed by atoms with Crippen molar-refractivity contribution in [3.05, 3.63) is 24.3 Å². The maximum Gasteiger partial charge on any atom is 0.0378 e. The van der Waals surface area contributed by atoms with E-state index in [4.69, 9.17) is 5.73 Å². The van der Waals surface area contributed by atoms with E-state index in [9.17, 15) is 0 Å². The SMILES string of the molecule is CC1SCCN(c2ccc(N)cc2)C1C. The summed E-state index contributed by atoms with van der Waals surface area (Å²) >= 11 is 2.06.